The van der Waals surface area contributed by atoms with Gasteiger partial charge in [0, 0.05) is 6.61 Å². The van der Waals surface area contributed by atoms with Gasteiger partial charge in [0.25, 0.3) is 0 Å². The Morgan fingerprint density at radius 2 is 1.83 bits per heavy atom. The summed E-state index contributed by atoms with van der Waals surface area (Å²) in [7, 11) is -0.694. The predicted octanol–water partition coefficient (Wildman–Crippen LogP) is 3.27. The topological polar surface area (TPSA) is 20.2 Å². The van der Waals surface area contributed by atoms with E-state index in [0.717, 1.165) is 5.54 Å². The third kappa shape index (κ3) is 4.26. The third-order valence-electron chi connectivity index (χ3n) is 3.04. The Labute approximate surface area is 78.2 Å². The first-order chi connectivity index (χ1) is 5.54. The standard InChI is InChI=1S/C8H18Si.C2H6O/c1-8-6-4-5-7-9(8,2)3;1-2-3/h8H,4-7H2,1-3H3;3H,2H2,1H3/t8-;/m1./s1. The zero-order valence-corrected chi connectivity index (χ0v) is 10.1. The molecule has 1 aliphatic heterocycles. The Balaban J connectivity index is 0.000000354. The summed E-state index contributed by atoms with van der Waals surface area (Å²) in [6.07, 6.45) is 4.53. The second kappa shape index (κ2) is 5.76. The second-order valence-electron chi connectivity index (χ2n) is 4.45. The first-order valence-corrected chi connectivity index (χ1v) is 8.44. The lowest BCUT2D eigenvalue weighted by molar-refractivity contribution is 0.318. The van der Waals surface area contributed by atoms with Gasteiger partial charge in [-0.3, -0.25) is 0 Å². The van der Waals surface area contributed by atoms with Crippen LogP contribution in [0.4, 0.5) is 0 Å². The molecule has 2 heteroatoms. The minimum Gasteiger partial charge on any atom is -0.397 e. The van der Waals surface area contributed by atoms with Gasteiger partial charge in [-0.1, -0.05) is 45.3 Å². The van der Waals surface area contributed by atoms with E-state index in [9.17, 15) is 0 Å². The lowest BCUT2D eigenvalue weighted by Crippen LogP contribution is -2.33. The summed E-state index contributed by atoms with van der Waals surface area (Å²) in [4.78, 5) is 0. The molecule has 1 rings (SSSR count). The third-order valence-corrected chi connectivity index (χ3v) is 7.64. The summed E-state index contributed by atoms with van der Waals surface area (Å²) in [6, 6.07) is 1.58. The van der Waals surface area contributed by atoms with Crippen molar-refractivity contribution >= 4 is 8.07 Å². The molecule has 1 saturated heterocycles. The molecule has 1 N–H and O–H groups in total. The molecule has 0 aliphatic carbocycles. The van der Waals surface area contributed by atoms with Crippen molar-refractivity contribution in [2.45, 2.75) is 57.8 Å². The van der Waals surface area contributed by atoms with E-state index in [1.165, 1.54) is 19.3 Å². The monoisotopic (exact) mass is 188 g/mol. The highest BCUT2D eigenvalue weighted by Gasteiger charge is 2.30. The van der Waals surface area contributed by atoms with Gasteiger partial charge in [-0.15, -0.1) is 0 Å². The number of aliphatic hydroxyl groups excluding tert-OH is 1. The van der Waals surface area contributed by atoms with Crippen LogP contribution in [0, 0.1) is 0 Å². The molecular formula is C10H24OSi. The molecule has 0 aromatic carbocycles. The predicted molar refractivity (Wildman–Crippen MR) is 58.3 cm³/mol. The number of hydrogen-bond donors (Lipinski definition) is 1. The van der Waals surface area contributed by atoms with Gasteiger partial charge in [0.05, 0.1) is 8.07 Å². The molecule has 1 fully saturated rings. The molecule has 0 aromatic heterocycles. The van der Waals surface area contributed by atoms with Crippen molar-refractivity contribution in [1.82, 2.24) is 0 Å². The van der Waals surface area contributed by atoms with E-state index >= 15 is 0 Å². The molecule has 1 nitrogen and oxygen atoms in total. The molecule has 0 aromatic rings. The van der Waals surface area contributed by atoms with E-state index in [2.05, 4.69) is 20.0 Å². The summed E-state index contributed by atoms with van der Waals surface area (Å²) >= 11 is 0. The van der Waals surface area contributed by atoms with E-state index < -0.39 is 8.07 Å². The first kappa shape index (κ1) is 12.2. The minimum absolute atomic E-state index is 0.250. The molecule has 74 valence electrons. The highest BCUT2D eigenvalue weighted by Crippen LogP contribution is 2.36. The number of aliphatic hydroxyl groups is 1. The second-order valence-corrected chi connectivity index (χ2v) is 9.91. The number of rotatable bonds is 0. The van der Waals surface area contributed by atoms with Crippen molar-refractivity contribution in [3.05, 3.63) is 0 Å². The van der Waals surface area contributed by atoms with Crippen molar-refractivity contribution < 1.29 is 5.11 Å². The maximum atomic E-state index is 7.57. The molecule has 0 amide bonds. The Bertz CT molecular complexity index is 112. The summed E-state index contributed by atoms with van der Waals surface area (Å²) in [6.45, 7) is 9.46. The summed E-state index contributed by atoms with van der Waals surface area (Å²) in [5.74, 6) is 0. The molecule has 0 radical (unpaired) electrons. The van der Waals surface area contributed by atoms with Gasteiger partial charge in [-0.25, -0.2) is 0 Å². The summed E-state index contributed by atoms with van der Waals surface area (Å²) < 4.78 is 0. The first-order valence-electron chi connectivity index (χ1n) is 5.15. The number of hydrogen-bond acceptors (Lipinski definition) is 1. The van der Waals surface area contributed by atoms with Gasteiger partial charge in [0.2, 0.25) is 0 Å². The van der Waals surface area contributed by atoms with Gasteiger partial charge >= 0.3 is 0 Å². The molecule has 1 aliphatic rings. The maximum absolute atomic E-state index is 7.57. The van der Waals surface area contributed by atoms with Crippen molar-refractivity contribution in [3.63, 3.8) is 0 Å². The molecule has 1 heterocycles. The molecule has 0 unspecified atom stereocenters. The summed E-state index contributed by atoms with van der Waals surface area (Å²) in [5, 5.41) is 7.57. The van der Waals surface area contributed by atoms with Gasteiger partial charge < -0.3 is 5.11 Å². The van der Waals surface area contributed by atoms with Crippen LogP contribution in [0.25, 0.3) is 0 Å². The van der Waals surface area contributed by atoms with Crippen molar-refractivity contribution in [3.8, 4) is 0 Å². The fourth-order valence-electron chi connectivity index (χ4n) is 1.67. The minimum atomic E-state index is -0.694. The quantitative estimate of drug-likeness (QED) is 0.579. The molecule has 12 heavy (non-hydrogen) atoms. The lowest BCUT2D eigenvalue weighted by Gasteiger charge is -2.34. The average Bonchev–Trinajstić information content (AvgIpc) is 1.97. The van der Waals surface area contributed by atoms with Crippen LogP contribution in [0.15, 0.2) is 0 Å². The Morgan fingerprint density at radius 1 is 1.33 bits per heavy atom. The normalized spacial score (nSPS) is 27.2. The average molecular weight is 188 g/mol. The SMILES string of the molecule is CCO.C[C@@H]1CCCC[Si]1(C)C. The van der Waals surface area contributed by atoms with Crippen LogP contribution in [-0.2, 0) is 0 Å². The summed E-state index contributed by atoms with van der Waals surface area (Å²) in [5.41, 5.74) is 1.09. The Hall–Kier alpha value is 0.177. The molecule has 0 saturated carbocycles. The Morgan fingerprint density at radius 3 is 2.08 bits per heavy atom. The van der Waals surface area contributed by atoms with Crippen molar-refractivity contribution in [2.75, 3.05) is 6.61 Å². The maximum Gasteiger partial charge on any atom is 0.0502 e. The van der Waals surface area contributed by atoms with Crippen LogP contribution in [0.3, 0.4) is 0 Å². The van der Waals surface area contributed by atoms with Gasteiger partial charge in [-0.05, 0) is 12.5 Å². The van der Waals surface area contributed by atoms with E-state index in [-0.39, 0.29) is 6.61 Å². The zero-order chi connectivity index (χ0) is 9.61. The van der Waals surface area contributed by atoms with Crippen LogP contribution in [-0.4, -0.2) is 19.8 Å². The van der Waals surface area contributed by atoms with E-state index in [1.807, 2.05) is 0 Å². The van der Waals surface area contributed by atoms with Crippen LogP contribution in [0.1, 0.15) is 33.1 Å². The van der Waals surface area contributed by atoms with Crippen LogP contribution in [0.2, 0.25) is 24.7 Å². The van der Waals surface area contributed by atoms with Crippen molar-refractivity contribution in [2.24, 2.45) is 0 Å². The van der Waals surface area contributed by atoms with E-state index in [1.54, 1.807) is 13.0 Å². The highest BCUT2D eigenvalue weighted by atomic mass is 28.3. The molecular weight excluding hydrogens is 164 g/mol. The van der Waals surface area contributed by atoms with Crippen LogP contribution >= 0.6 is 0 Å². The van der Waals surface area contributed by atoms with Crippen LogP contribution in [0.5, 0.6) is 0 Å². The fraction of sp³-hybridized carbons (Fsp3) is 1.00. The fourth-order valence-corrected chi connectivity index (χ4v) is 4.31. The van der Waals surface area contributed by atoms with Gasteiger partial charge in [0.15, 0.2) is 0 Å². The molecule has 0 spiro atoms. The largest absolute Gasteiger partial charge is 0.397 e. The van der Waals surface area contributed by atoms with Crippen LogP contribution < -0.4 is 0 Å². The van der Waals surface area contributed by atoms with E-state index in [0.29, 0.717) is 0 Å². The Kier molecular flexibility index (Phi) is 5.84. The lowest BCUT2D eigenvalue weighted by atomic mass is 10.2. The van der Waals surface area contributed by atoms with Gasteiger partial charge in [0.1, 0.15) is 0 Å². The highest BCUT2D eigenvalue weighted by molar-refractivity contribution is 6.78. The molecule has 0 bridgehead atoms. The zero-order valence-electron chi connectivity index (χ0n) is 9.06. The molecule has 1 atom stereocenters. The van der Waals surface area contributed by atoms with E-state index in [4.69, 9.17) is 5.11 Å². The smallest absolute Gasteiger partial charge is 0.0502 e. The van der Waals surface area contributed by atoms with Gasteiger partial charge in [-0.2, -0.15) is 0 Å². The van der Waals surface area contributed by atoms with Crippen molar-refractivity contribution in [1.29, 1.82) is 0 Å².